The number of primary amides is 1. The number of pyridine rings is 1. The zero-order valence-electron chi connectivity index (χ0n) is 18.9. The van der Waals surface area contributed by atoms with Crippen LogP contribution in [-0.2, 0) is 0 Å². The number of carbonyl (C=O) groups is 1. The minimum absolute atomic E-state index is 0.0417. The lowest BCUT2D eigenvalue weighted by molar-refractivity contribution is 0.100. The molecule has 1 aliphatic carbocycles. The van der Waals surface area contributed by atoms with Gasteiger partial charge in [0.15, 0.2) is 11.6 Å². The van der Waals surface area contributed by atoms with Crippen LogP contribution in [0.1, 0.15) is 48.9 Å². The number of anilines is 4. The second-order valence-corrected chi connectivity index (χ2v) is 8.78. The van der Waals surface area contributed by atoms with Gasteiger partial charge in [0.1, 0.15) is 5.82 Å². The Morgan fingerprint density at radius 1 is 1.19 bits per heavy atom. The predicted molar refractivity (Wildman–Crippen MR) is 127 cm³/mol. The van der Waals surface area contributed by atoms with Crippen LogP contribution < -0.4 is 26.2 Å². The average molecular weight is 441 g/mol. The fraction of sp³-hybridized carbons (Fsp3) is 0.500. The number of likely N-dealkylation sites (N-methyl/N-ethyl adjacent to an activating group) is 2. The fourth-order valence-corrected chi connectivity index (χ4v) is 4.97. The molecule has 2 heterocycles. The van der Waals surface area contributed by atoms with Crippen molar-refractivity contribution in [3.05, 3.63) is 41.7 Å². The van der Waals surface area contributed by atoms with Crippen LogP contribution in [-0.4, -0.2) is 50.2 Å². The summed E-state index contributed by atoms with van der Waals surface area (Å²) in [7, 11) is 3.81. The maximum absolute atomic E-state index is 15.1. The molecular formula is C24H33FN6O. The number of benzene rings is 1. The second kappa shape index (κ2) is 9.73. The van der Waals surface area contributed by atoms with Crippen LogP contribution in [0, 0.1) is 5.82 Å². The summed E-state index contributed by atoms with van der Waals surface area (Å²) in [5.41, 5.74) is 7.51. The van der Waals surface area contributed by atoms with Crippen LogP contribution in [0.5, 0.6) is 0 Å². The van der Waals surface area contributed by atoms with Crippen molar-refractivity contribution < 1.29 is 9.18 Å². The summed E-state index contributed by atoms with van der Waals surface area (Å²) >= 11 is 0. The van der Waals surface area contributed by atoms with Gasteiger partial charge < -0.3 is 26.2 Å². The quantitative estimate of drug-likeness (QED) is 0.610. The lowest BCUT2D eigenvalue weighted by Crippen LogP contribution is -2.50. The zero-order chi connectivity index (χ0) is 22.7. The Bertz CT molecular complexity index is 962. The minimum Gasteiger partial charge on any atom is -0.371 e. The number of nitrogens with one attached hydrogen (secondary N) is 2. The second-order valence-electron chi connectivity index (χ2n) is 8.78. The first-order chi connectivity index (χ1) is 15.5. The SMILES string of the molecule is CNC1CCCCC1N(C)c1nc(Nc2cccc(N3CCCC3)c2)c(C(N)=O)cc1F. The molecule has 1 aromatic carbocycles. The molecule has 2 aliphatic rings. The number of rotatable bonds is 7. The maximum atomic E-state index is 15.1. The molecule has 1 saturated heterocycles. The van der Waals surface area contributed by atoms with Crippen LogP contribution in [0.15, 0.2) is 30.3 Å². The Kier molecular flexibility index (Phi) is 6.79. The summed E-state index contributed by atoms with van der Waals surface area (Å²) in [5.74, 6) is -0.760. The highest BCUT2D eigenvalue weighted by Crippen LogP contribution is 2.31. The molecule has 0 spiro atoms. The first-order valence-electron chi connectivity index (χ1n) is 11.5. The van der Waals surface area contributed by atoms with Gasteiger partial charge in [0.05, 0.1) is 5.56 Å². The summed E-state index contributed by atoms with van der Waals surface area (Å²) in [6, 6.07) is 9.57. The molecule has 1 aromatic heterocycles. The van der Waals surface area contributed by atoms with E-state index in [1.807, 2.05) is 37.2 Å². The van der Waals surface area contributed by atoms with Crippen molar-refractivity contribution in [3.8, 4) is 0 Å². The third kappa shape index (κ3) is 4.65. The Morgan fingerprint density at radius 3 is 2.66 bits per heavy atom. The number of halogens is 1. The van der Waals surface area contributed by atoms with Gasteiger partial charge in [-0.05, 0) is 57.0 Å². The van der Waals surface area contributed by atoms with Gasteiger partial charge in [0.25, 0.3) is 5.91 Å². The summed E-state index contributed by atoms with van der Waals surface area (Å²) in [6.07, 6.45) is 6.64. The van der Waals surface area contributed by atoms with E-state index in [9.17, 15) is 4.79 Å². The van der Waals surface area contributed by atoms with Crippen molar-refractivity contribution in [2.24, 2.45) is 5.73 Å². The standard InChI is InChI=1S/C24H33FN6O/c1-27-20-10-3-4-11-21(20)30(2)24-19(25)15-18(22(26)32)23(29-24)28-16-8-7-9-17(14-16)31-12-5-6-13-31/h7-9,14-15,20-21,27H,3-6,10-13H2,1-2H3,(H2,26,32)(H,28,29). The first kappa shape index (κ1) is 22.3. The van der Waals surface area contributed by atoms with E-state index in [0.717, 1.165) is 50.1 Å². The average Bonchev–Trinajstić information content (AvgIpc) is 3.34. The van der Waals surface area contributed by atoms with E-state index in [-0.39, 0.29) is 29.3 Å². The van der Waals surface area contributed by atoms with Crippen LogP contribution in [0.2, 0.25) is 0 Å². The van der Waals surface area contributed by atoms with Crippen molar-refractivity contribution in [2.75, 3.05) is 42.3 Å². The highest BCUT2D eigenvalue weighted by atomic mass is 19.1. The number of amides is 1. The molecule has 1 aliphatic heterocycles. The number of nitrogens with zero attached hydrogens (tertiary/aromatic N) is 3. The molecule has 2 fully saturated rings. The van der Waals surface area contributed by atoms with E-state index in [1.54, 1.807) is 0 Å². The lowest BCUT2D eigenvalue weighted by Gasteiger charge is -2.38. The number of nitrogens with two attached hydrogens (primary N) is 1. The molecule has 8 heteroatoms. The van der Waals surface area contributed by atoms with Gasteiger partial charge in [0.2, 0.25) is 0 Å². The third-order valence-electron chi connectivity index (χ3n) is 6.73. The molecule has 4 N–H and O–H groups in total. The summed E-state index contributed by atoms with van der Waals surface area (Å²) in [5, 5.41) is 6.58. The van der Waals surface area contributed by atoms with Gasteiger partial charge in [0, 0.05) is 43.6 Å². The van der Waals surface area contributed by atoms with Crippen molar-refractivity contribution in [3.63, 3.8) is 0 Å². The molecular weight excluding hydrogens is 407 g/mol. The molecule has 1 amide bonds. The van der Waals surface area contributed by atoms with Crippen LogP contribution in [0.3, 0.4) is 0 Å². The van der Waals surface area contributed by atoms with E-state index in [2.05, 4.69) is 26.6 Å². The highest BCUT2D eigenvalue weighted by molar-refractivity contribution is 5.98. The minimum atomic E-state index is -0.713. The van der Waals surface area contributed by atoms with Gasteiger partial charge in [-0.1, -0.05) is 18.9 Å². The van der Waals surface area contributed by atoms with Crippen molar-refractivity contribution in [1.29, 1.82) is 0 Å². The van der Waals surface area contributed by atoms with Gasteiger partial charge in [-0.25, -0.2) is 9.37 Å². The fourth-order valence-electron chi connectivity index (χ4n) is 4.97. The zero-order valence-corrected chi connectivity index (χ0v) is 18.9. The van der Waals surface area contributed by atoms with E-state index >= 15 is 4.39 Å². The number of hydrogen-bond donors (Lipinski definition) is 3. The monoisotopic (exact) mass is 440 g/mol. The lowest BCUT2D eigenvalue weighted by atomic mass is 9.89. The summed E-state index contributed by atoms with van der Waals surface area (Å²) in [6.45, 7) is 2.07. The summed E-state index contributed by atoms with van der Waals surface area (Å²) < 4.78 is 15.1. The van der Waals surface area contributed by atoms with Crippen LogP contribution >= 0.6 is 0 Å². The first-order valence-corrected chi connectivity index (χ1v) is 11.5. The molecule has 0 bridgehead atoms. The highest BCUT2D eigenvalue weighted by Gasteiger charge is 2.30. The molecule has 0 radical (unpaired) electrons. The number of hydrogen-bond acceptors (Lipinski definition) is 6. The van der Waals surface area contributed by atoms with Crippen molar-refractivity contribution in [1.82, 2.24) is 10.3 Å². The Labute approximate surface area is 189 Å². The van der Waals surface area contributed by atoms with Gasteiger partial charge in [-0.2, -0.15) is 0 Å². The van der Waals surface area contributed by atoms with Crippen LogP contribution in [0.4, 0.5) is 27.4 Å². The number of aromatic nitrogens is 1. The van der Waals surface area contributed by atoms with Crippen LogP contribution in [0.25, 0.3) is 0 Å². The van der Waals surface area contributed by atoms with E-state index in [1.165, 1.54) is 18.9 Å². The Morgan fingerprint density at radius 2 is 1.94 bits per heavy atom. The van der Waals surface area contributed by atoms with Crippen molar-refractivity contribution in [2.45, 2.75) is 50.6 Å². The maximum Gasteiger partial charge on any atom is 0.252 e. The van der Waals surface area contributed by atoms with E-state index in [0.29, 0.717) is 0 Å². The number of carbonyl (C=O) groups excluding carboxylic acids is 1. The molecule has 2 atom stereocenters. The molecule has 7 nitrogen and oxygen atoms in total. The molecule has 2 unspecified atom stereocenters. The van der Waals surface area contributed by atoms with Gasteiger partial charge in [-0.3, -0.25) is 4.79 Å². The molecule has 172 valence electrons. The molecule has 32 heavy (non-hydrogen) atoms. The summed E-state index contributed by atoms with van der Waals surface area (Å²) in [4.78, 5) is 20.8. The Balaban J connectivity index is 1.65. The van der Waals surface area contributed by atoms with E-state index in [4.69, 9.17) is 5.73 Å². The van der Waals surface area contributed by atoms with Crippen molar-refractivity contribution >= 4 is 28.9 Å². The molecule has 1 saturated carbocycles. The largest absolute Gasteiger partial charge is 0.371 e. The smallest absolute Gasteiger partial charge is 0.252 e. The van der Waals surface area contributed by atoms with E-state index < -0.39 is 11.7 Å². The molecule has 4 rings (SSSR count). The predicted octanol–water partition coefficient (Wildman–Crippen LogP) is 3.63. The molecule has 2 aromatic rings. The topological polar surface area (TPSA) is 86.5 Å². The third-order valence-corrected chi connectivity index (χ3v) is 6.73. The Hall–Kier alpha value is -2.87. The van der Waals surface area contributed by atoms with Gasteiger partial charge >= 0.3 is 0 Å². The normalized spacial score (nSPS) is 20.9. The van der Waals surface area contributed by atoms with Gasteiger partial charge in [-0.15, -0.1) is 0 Å².